The first kappa shape index (κ1) is 23.2. The van der Waals surface area contributed by atoms with Crippen molar-refractivity contribution in [2.24, 2.45) is 7.05 Å². The maximum Gasteiger partial charge on any atom is 0.294 e. The number of aromatic nitrogens is 5. The van der Waals surface area contributed by atoms with Crippen LogP contribution in [-0.4, -0.2) is 42.8 Å². The van der Waals surface area contributed by atoms with E-state index in [2.05, 4.69) is 31.3 Å². The fourth-order valence-electron chi connectivity index (χ4n) is 4.54. The number of halogens is 2. The van der Waals surface area contributed by atoms with Crippen LogP contribution in [0.3, 0.4) is 0 Å². The van der Waals surface area contributed by atoms with Gasteiger partial charge < -0.3 is 15.2 Å². The number of benzene rings is 1. The predicted octanol–water partition coefficient (Wildman–Crippen LogP) is 2.45. The minimum absolute atomic E-state index is 0.0503. The van der Waals surface area contributed by atoms with Gasteiger partial charge in [0.25, 0.3) is 17.6 Å². The molecule has 0 atom stereocenters. The van der Waals surface area contributed by atoms with Crippen LogP contribution >= 0.6 is 0 Å². The summed E-state index contributed by atoms with van der Waals surface area (Å²) < 4.78 is 28.2. The minimum Gasteiger partial charge on any atom is -0.344 e. The minimum atomic E-state index is -1.10. The Morgan fingerprint density at radius 3 is 2.44 bits per heavy atom. The Balaban J connectivity index is 1.60. The summed E-state index contributed by atoms with van der Waals surface area (Å²) in [6.07, 6.45) is 2.84. The molecule has 1 saturated carbocycles. The molecule has 2 amide bonds. The molecule has 0 radical (unpaired) electrons. The summed E-state index contributed by atoms with van der Waals surface area (Å²) in [7, 11) is 1.57. The van der Waals surface area contributed by atoms with Crippen molar-refractivity contribution in [2.45, 2.75) is 45.1 Å². The highest BCUT2D eigenvalue weighted by Gasteiger charge is 2.42. The van der Waals surface area contributed by atoms with E-state index in [0.29, 0.717) is 29.9 Å². The average Bonchev–Trinajstić information content (AvgIpc) is 3.52. The van der Waals surface area contributed by atoms with Gasteiger partial charge >= 0.3 is 0 Å². The molecule has 0 spiro atoms. The predicted molar refractivity (Wildman–Crippen MR) is 116 cm³/mol. The number of ketones is 1. The number of hydrogen-bond acceptors (Lipinski definition) is 6. The van der Waals surface area contributed by atoms with Gasteiger partial charge in [0.1, 0.15) is 5.54 Å². The van der Waals surface area contributed by atoms with Gasteiger partial charge in [0.05, 0.1) is 11.3 Å². The summed E-state index contributed by atoms with van der Waals surface area (Å²) in [5, 5.41) is 19.1. The SMILES string of the molecule is Cc1c(C(=O)Nc2ccc(F)c(F)c2)c(C)n(C)c1C(=O)C(=O)NC1(c2nnn[nH]2)CCCC1. The first-order valence-corrected chi connectivity index (χ1v) is 10.7. The van der Waals surface area contributed by atoms with Crippen LogP contribution in [-0.2, 0) is 17.4 Å². The van der Waals surface area contributed by atoms with E-state index in [4.69, 9.17) is 0 Å². The number of H-pyrrole nitrogens is 1. The summed E-state index contributed by atoms with van der Waals surface area (Å²) in [6, 6.07) is 2.99. The van der Waals surface area contributed by atoms with Crippen molar-refractivity contribution >= 4 is 23.3 Å². The Morgan fingerprint density at radius 1 is 1.12 bits per heavy atom. The average molecular weight is 471 g/mol. The molecule has 1 aliphatic rings. The van der Waals surface area contributed by atoms with Crippen molar-refractivity contribution < 1.29 is 23.2 Å². The second kappa shape index (κ2) is 8.76. The van der Waals surface area contributed by atoms with Crippen molar-refractivity contribution in [1.82, 2.24) is 30.5 Å². The van der Waals surface area contributed by atoms with Crippen molar-refractivity contribution in [1.29, 1.82) is 0 Å². The van der Waals surface area contributed by atoms with Gasteiger partial charge in [0.15, 0.2) is 17.5 Å². The highest BCUT2D eigenvalue weighted by Crippen LogP contribution is 2.36. The van der Waals surface area contributed by atoms with Crippen LogP contribution in [0, 0.1) is 25.5 Å². The van der Waals surface area contributed by atoms with Gasteiger partial charge in [-0.05, 0) is 54.8 Å². The zero-order valence-electron chi connectivity index (χ0n) is 18.8. The molecule has 0 aliphatic heterocycles. The lowest BCUT2D eigenvalue weighted by atomic mass is 9.96. The molecule has 0 saturated heterocycles. The lowest BCUT2D eigenvalue weighted by Crippen LogP contribution is -2.47. The van der Waals surface area contributed by atoms with Crippen molar-refractivity contribution in [2.75, 3.05) is 5.32 Å². The number of nitrogens with one attached hydrogen (secondary N) is 3. The van der Waals surface area contributed by atoms with E-state index in [1.54, 1.807) is 20.9 Å². The summed E-state index contributed by atoms with van der Waals surface area (Å²) in [6.45, 7) is 3.18. The number of carbonyl (C=O) groups is 3. The Labute approximate surface area is 193 Å². The number of amides is 2. The highest BCUT2D eigenvalue weighted by atomic mass is 19.2. The Kier molecular flexibility index (Phi) is 5.98. The lowest BCUT2D eigenvalue weighted by molar-refractivity contribution is -0.119. The molecule has 10 nitrogen and oxygen atoms in total. The molecular weight excluding hydrogens is 448 g/mol. The molecule has 0 unspecified atom stereocenters. The van der Waals surface area contributed by atoms with Gasteiger partial charge in [0, 0.05) is 24.5 Å². The van der Waals surface area contributed by atoms with Gasteiger partial charge in [-0.3, -0.25) is 14.4 Å². The molecule has 4 rings (SSSR count). The van der Waals surface area contributed by atoms with E-state index in [0.717, 1.165) is 25.0 Å². The quantitative estimate of drug-likeness (QED) is 0.373. The van der Waals surface area contributed by atoms with Gasteiger partial charge in [-0.2, -0.15) is 0 Å². The monoisotopic (exact) mass is 471 g/mol. The third-order valence-electron chi connectivity index (χ3n) is 6.36. The molecule has 12 heteroatoms. The molecule has 2 heterocycles. The molecule has 2 aromatic heterocycles. The third-order valence-corrected chi connectivity index (χ3v) is 6.36. The van der Waals surface area contributed by atoms with Crippen LogP contribution in [0.1, 0.15) is 63.6 Å². The number of Topliss-reactive ketones (excluding diaryl/α,β-unsaturated/α-hetero) is 1. The molecule has 1 fully saturated rings. The molecule has 3 N–H and O–H groups in total. The van der Waals surface area contributed by atoms with Crippen LogP contribution in [0.25, 0.3) is 0 Å². The summed E-state index contributed by atoms with van der Waals surface area (Å²) >= 11 is 0. The normalized spacial score (nSPS) is 14.7. The van der Waals surface area contributed by atoms with Crippen LogP contribution in [0.2, 0.25) is 0 Å². The van der Waals surface area contributed by atoms with Gasteiger partial charge in [0.2, 0.25) is 0 Å². The molecule has 0 bridgehead atoms. The van der Waals surface area contributed by atoms with Crippen LogP contribution in [0.15, 0.2) is 18.2 Å². The Hall–Kier alpha value is -3.96. The van der Waals surface area contributed by atoms with E-state index in [1.807, 2.05) is 0 Å². The number of hydrogen-bond donors (Lipinski definition) is 3. The van der Waals surface area contributed by atoms with E-state index >= 15 is 0 Å². The van der Waals surface area contributed by atoms with E-state index in [-0.39, 0.29) is 16.9 Å². The maximum atomic E-state index is 13.5. The fourth-order valence-corrected chi connectivity index (χ4v) is 4.54. The Morgan fingerprint density at radius 2 is 1.82 bits per heavy atom. The van der Waals surface area contributed by atoms with Gasteiger partial charge in [-0.15, -0.1) is 5.10 Å². The van der Waals surface area contributed by atoms with E-state index < -0.39 is 34.8 Å². The smallest absolute Gasteiger partial charge is 0.294 e. The topological polar surface area (TPSA) is 135 Å². The fraction of sp³-hybridized carbons (Fsp3) is 0.364. The molecule has 34 heavy (non-hydrogen) atoms. The maximum absolute atomic E-state index is 13.5. The number of aromatic amines is 1. The summed E-state index contributed by atoms with van der Waals surface area (Å²) in [5.41, 5.74) is 0.136. The Bertz CT molecular complexity index is 1280. The molecule has 178 valence electrons. The van der Waals surface area contributed by atoms with Crippen LogP contribution in [0.5, 0.6) is 0 Å². The second-order valence-electron chi connectivity index (χ2n) is 8.40. The number of nitrogens with zero attached hydrogens (tertiary/aromatic N) is 4. The molecule has 1 aromatic carbocycles. The molecule has 1 aliphatic carbocycles. The number of carbonyl (C=O) groups excluding carboxylic acids is 3. The standard InChI is InChI=1S/C22H23F2N7O3/c1-11-16(19(33)25-13-6-7-14(23)15(24)10-13)12(2)31(3)17(11)18(32)20(34)26-22(8-4-5-9-22)21-27-29-30-28-21/h6-7,10H,4-5,8-9H2,1-3H3,(H,25,33)(H,26,34)(H,27,28,29,30). The summed E-state index contributed by atoms with van der Waals surface area (Å²) in [4.78, 5) is 39.1. The summed E-state index contributed by atoms with van der Waals surface area (Å²) in [5.74, 6) is -4.02. The number of rotatable bonds is 6. The van der Waals surface area contributed by atoms with Gasteiger partial charge in [-0.1, -0.05) is 12.8 Å². The second-order valence-corrected chi connectivity index (χ2v) is 8.40. The van der Waals surface area contributed by atoms with Crippen molar-refractivity contribution in [3.05, 3.63) is 58.2 Å². The zero-order valence-corrected chi connectivity index (χ0v) is 18.8. The number of tetrazole rings is 1. The van der Waals surface area contributed by atoms with Crippen LogP contribution < -0.4 is 10.6 Å². The first-order chi connectivity index (χ1) is 16.1. The van der Waals surface area contributed by atoms with Crippen LogP contribution in [0.4, 0.5) is 14.5 Å². The highest BCUT2D eigenvalue weighted by molar-refractivity contribution is 6.43. The van der Waals surface area contributed by atoms with E-state index in [9.17, 15) is 23.2 Å². The van der Waals surface area contributed by atoms with Gasteiger partial charge in [-0.25, -0.2) is 13.9 Å². The zero-order chi connectivity index (χ0) is 24.6. The van der Waals surface area contributed by atoms with Crippen molar-refractivity contribution in [3.63, 3.8) is 0 Å². The molecule has 3 aromatic rings. The van der Waals surface area contributed by atoms with Crippen molar-refractivity contribution in [3.8, 4) is 0 Å². The van der Waals surface area contributed by atoms with E-state index in [1.165, 1.54) is 10.6 Å². The first-order valence-electron chi connectivity index (χ1n) is 10.7. The number of anilines is 1. The lowest BCUT2D eigenvalue weighted by Gasteiger charge is -2.26. The molecular formula is C22H23F2N7O3. The largest absolute Gasteiger partial charge is 0.344 e. The third kappa shape index (κ3) is 3.95.